The second-order valence-corrected chi connectivity index (χ2v) is 7.35. The number of nitrogens with two attached hydrogens (primary N) is 1. The van der Waals surface area contributed by atoms with E-state index in [0.717, 1.165) is 27.9 Å². The number of hydrogen-bond acceptors (Lipinski definition) is 7. The zero-order valence-corrected chi connectivity index (χ0v) is 17.3. The lowest BCUT2D eigenvalue weighted by molar-refractivity contribution is 0.591. The lowest BCUT2D eigenvalue weighted by Gasteiger charge is -2.13. The van der Waals surface area contributed by atoms with E-state index in [2.05, 4.69) is 21.1 Å². The summed E-state index contributed by atoms with van der Waals surface area (Å²) in [6.45, 7) is 2.39. The van der Waals surface area contributed by atoms with Crippen molar-refractivity contribution >= 4 is 16.9 Å². The molecule has 1 aromatic carbocycles. The van der Waals surface area contributed by atoms with Crippen LogP contribution in [0.3, 0.4) is 0 Å². The van der Waals surface area contributed by atoms with Crippen LogP contribution in [0.5, 0.6) is 0 Å². The highest BCUT2D eigenvalue weighted by molar-refractivity contribution is 6.03. The molecule has 0 saturated heterocycles. The van der Waals surface area contributed by atoms with E-state index in [-0.39, 0.29) is 5.82 Å². The van der Waals surface area contributed by atoms with Crippen LogP contribution < -0.4 is 5.73 Å². The molecule has 0 aliphatic rings. The normalized spacial score (nSPS) is 10.9. The summed E-state index contributed by atoms with van der Waals surface area (Å²) in [4.78, 5) is 14.9. The smallest absolute Gasteiger partial charge is 0.155 e. The summed E-state index contributed by atoms with van der Waals surface area (Å²) in [5, 5.41) is 18.8. The number of fused-ring (bicyclic) bond motifs is 1. The molecule has 0 bridgehead atoms. The zero-order chi connectivity index (χ0) is 22.1. The summed E-state index contributed by atoms with van der Waals surface area (Å²) < 4.78 is 0. The molecule has 32 heavy (non-hydrogen) atoms. The highest BCUT2D eigenvalue weighted by atomic mass is 15.5. The van der Waals surface area contributed by atoms with Crippen LogP contribution in [0.25, 0.3) is 33.4 Å². The summed E-state index contributed by atoms with van der Waals surface area (Å²) in [6.07, 6.45) is 5.27. The fraction of sp³-hybridized carbons (Fsp3) is 0.0833. The Morgan fingerprint density at radius 1 is 1.03 bits per heavy atom. The summed E-state index contributed by atoms with van der Waals surface area (Å²) in [7, 11) is 0. The number of aromatic nitrogens is 6. The summed E-state index contributed by atoms with van der Waals surface area (Å²) in [6, 6.07) is 17.1. The van der Waals surface area contributed by atoms with E-state index in [4.69, 9.17) is 15.8 Å². The van der Waals surface area contributed by atoms with Crippen molar-refractivity contribution in [2.75, 3.05) is 5.73 Å². The lowest BCUT2D eigenvalue weighted by atomic mass is 9.95. The van der Waals surface area contributed by atoms with Crippen molar-refractivity contribution in [2.24, 2.45) is 0 Å². The molecule has 4 aromatic heterocycles. The van der Waals surface area contributed by atoms with Crippen molar-refractivity contribution in [2.45, 2.75) is 13.5 Å². The molecule has 0 aliphatic heterocycles. The summed E-state index contributed by atoms with van der Waals surface area (Å²) in [5.74, 6) is 0.278. The SMILES string of the molecule is Cc1cnccc1-c1c(-c2cccc(C#N)c2)nc(N)c2nn(Cc3ccccn3)nc12. The molecule has 5 aromatic rings. The van der Waals surface area contributed by atoms with Gasteiger partial charge in [0.2, 0.25) is 0 Å². The molecule has 0 aliphatic carbocycles. The maximum Gasteiger partial charge on any atom is 0.155 e. The van der Waals surface area contributed by atoms with Gasteiger partial charge in [0.05, 0.1) is 23.0 Å². The van der Waals surface area contributed by atoms with Crippen molar-refractivity contribution in [1.82, 2.24) is 29.9 Å². The Morgan fingerprint density at radius 3 is 2.69 bits per heavy atom. The van der Waals surface area contributed by atoms with Crippen molar-refractivity contribution in [3.63, 3.8) is 0 Å². The van der Waals surface area contributed by atoms with E-state index < -0.39 is 0 Å². The van der Waals surface area contributed by atoms with Crippen LogP contribution in [-0.2, 0) is 6.54 Å². The first-order valence-electron chi connectivity index (χ1n) is 10.00. The molecule has 2 N–H and O–H groups in total. The maximum atomic E-state index is 9.37. The average Bonchev–Trinajstić information content (AvgIpc) is 3.24. The molecule has 154 valence electrons. The molecule has 0 fully saturated rings. The van der Waals surface area contributed by atoms with Crippen molar-refractivity contribution in [3.8, 4) is 28.5 Å². The van der Waals surface area contributed by atoms with Gasteiger partial charge in [0.1, 0.15) is 12.1 Å². The Kier molecular flexibility index (Phi) is 4.76. The van der Waals surface area contributed by atoms with Gasteiger partial charge in [-0.05, 0) is 48.4 Å². The number of nitrogens with zero attached hydrogens (tertiary/aromatic N) is 7. The Bertz CT molecular complexity index is 1480. The first kappa shape index (κ1) is 19.3. The van der Waals surface area contributed by atoms with Crippen molar-refractivity contribution in [3.05, 3.63) is 83.9 Å². The maximum absolute atomic E-state index is 9.37. The number of rotatable bonds is 4. The predicted molar refractivity (Wildman–Crippen MR) is 121 cm³/mol. The van der Waals surface area contributed by atoms with Gasteiger partial charge in [-0.3, -0.25) is 9.97 Å². The molecule has 0 unspecified atom stereocenters. The number of nitrogen functional groups attached to an aromatic ring is 1. The monoisotopic (exact) mass is 418 g/mol. The second-order valence-electron chi connectivity index (χ2n) is 7.35. The zero-order valence-electron chi connectivity index (χ0n) is 17.3. The van der Waals surface area contributed by atoms with Crippen LogP contribution in [0.1, 0.15) is 16.8 Å². The van der Waals surface area contributed by atoms with Gasteiger partial charge in [-0.1, -0.05) is 18.2 Å². The van der Waals surface area contributed by atoms with E-state index in [0.29, 0.717) is 28.8 Å². The average molecular weight is 418 g/mol. The molecular formula is C24H18N8. The van der Waals surface area contributed by atoms with Gasteiger partial charge in [-0.2, -0.15) is 15.2 Å². The quantitative estimate of drug-likeness (QED) is 0.472. The highest BCUT2D eigenvalue weighted by Gasteiger charge is 2.21. The van der Waals surface area contributed by atoms with Gasteiger partial charge in [-0.25, -0.2) is 4.98 Å². The molecule has 0 saturated carbocycles. The van der Waals surface area contributed by atoms with Gasteiger partial charge in [0, 0.05) is 29.7 Å². The van der Waals surface area contributed by atoms with E-state index in [1.54, 1.807) is 35.5 Å². The second kappa shape index (κ2) is 7.89. The van der Waals surface area contributed by atoms with Gasteiger partial charge in [-0.15, -0.1) is 5.10 Å². The summed E-state index contributed by atoms with van der Waals surface area (Å²) >= 11 is 0. The van der Waals surface area contributed by atoms with Crippen LogP contribution >= 0.6 is 0 Å². The van der Waals surface area contributed by atoms with E-state index in [9.17, 15) is 5.26 Å². The fourth-order valence-corrected chi connectivity index (χ4v) is 3.69. The third-order valence-electron chi connectivity index (χ3n) is 5.19. The van der Waals surface area contributed by atoms with Crippen LogP contribution in [0.4, 0.5) is 5.82 Å². The van der Waals surface area contributed by atoms with Crippen molar-refractivity contribution in [1.29, 1.82) is 5.26 Å². The Balaban J connectivity index is 1.79. The highest BCUT2D eigenvalue weighted by Crippen LogP contribution is 2.38. The molecule has 0 amide bonds. The molecule has 8 heteroatoms. The number of hydrogen-bond donors (Lipinski definition) is 1. The fourth-order valence-electron chi connectivity index (χ4n) is 3.69. The molecule has 0 spiro atoms. The Labute approximate surface area is 184 Å². The third kappa shape index (κ3) is 3.42. The van der Waals surface area contributed by atoms with E-state index in [1.165, 1.54) is 0 Å². The summed E-state index contributed by atoms with van der Waals surface area (Å²) in [5.41, 5.74) is 13.0. The molecule has 0 radical (unpaired) electrons. The molecular weight excluding hydrogens is 400 g/mol. The Morgan fingerprint density at radius 2 is 1.91 bits per heavy atom. The Hall–Kier alpha value is -4.64. The van der Waals surface area contributed by atoms with Crippen LogP contribution in [0.15, 0.2) is 67.1 Å². The largest absolute Gasteiger partial charge is 0.382 e. The predicted octanol–water partition coefficient (Wildman–Crippen LogP) is 3.76. The van der Waals surface area contributed by atoms with Gasteiger partial charge in [0.25, 0.3) is 0 Å². The van der Waals surface area contributed by atoms with E-state index in [1.807, 2.05) is 43.3 Å². The number of aryl methyl sites for hydroxylation is 1. The first-order valence-corrected chi connectivity index (χ1v) is 10.00. The van der Waals surface area contributed by atoms with Crippen LogP contribution in [0, 0.1) is 18.3 Å². The van der Waals surface area contributed by atoms with Gasteiger partial charge in [0.15, 0.2) is 11.3 Å². The minimum Gasteiger partial charge on any atom is -0.382 e. The van der Waals surface area contributed by atoms with Crippen LogP contribution in [-0.4, -0.2) is 29.9 Å². The number of benzene rings is 1. The van der Waals surface area contributed by atoms with E-state index >= 15 is 0 Å². The first-order chi connectivity index (χ1) is 15.6. The standard InChI is InChI=1S/C24H18N8/c1-15-13-27-10-8-19(15)20-21(17-6-4-5-16(11-17)12-25)29-24(26)23-22(20)30-32(31-23)14-18-7-2-3-9-28-18/h2-11,13H,14H2,1H3,(H2,26,29). The van der Waals surface area contributed by atoms with Gasteiger partial charge >= 0.3 is 0 Å². The molecule has 0 atom stereocenters. The molecule has 5 rings (SSSR count). The topological polar surface area (TPSA) is 119 Å². The molecule has 8 nitrogen and oxygen atoms in total. The molecule has 4 heterocycles. The number of anilines is 1. The minimum absolute atomic E-state index is 0.278. The minimum atomic E-state index is 0.278. The number of pyridine rings is 3. The number of nitriles is 1. The lowest BCUT2D eigenvalue weighted by Crippen LogP contribution is -2.05. The van der Waals surface area contributed by atoms with Crippen molar-refractivity contribution < 1.29 is 0 Å². The van der Waals surface area contributed by atoms with Gasteiger partial charge < -0.3 is 5.73 Å². The van der Waals surface area contributed by atoms with Crippen LogP contribution in [0.2, 0.25) is 0 Å². The third-order valence-corrected chi connectivity index (χ3v) is 5.19.